The van der Waals surface area contributed by atoms with Gasteiger partial charge in [0.15, 0.2) is 5.89 Å². The van der Waals surface area contributed by atoms with Crippen molar-refractivity contribution in [3.8, 4) is 0 Å². The fourth-order valence-electron chi connectivity index (χ4n) is 1.06. The van der Waals surface area contributed by atoms with Crippen LogP contribution in [0.3, 0.4) is 0 Å². The molecule has 4 nitrogen and oxygen atoms in total. The Bertz CT molecular complexity index is 246. The summed E-state index contributed by atoms with van der Waals surface area (Å²) in [6.07, 6.45) is 3.18. The number of oxazole rings is 1. The summed E-state index contributed by atoms with van der Waals surface area (Å²) in [6.45, 7) is 2.58. The Morgan fingerprint density at radius 1 is 1.69 bits per heavy atom. The molecule has 4 heteroatoms. The number of hydrogen-bond acceptors (Lipinski definition) is 4. The summed E-state index contributed by atoms with van der Waals surface area (Å²) in [6, 6.07) is 0.114. The second-order valence-electron chi connectivity index (χ2n) is 3.14. The summed E-state index contributed by atoms with van der Waals surface area (Å²) in [5.41, 5.74) is 5.62. The molecule has 1 rings (SSSR count). The van der Waals surface area contributed by atoms with Crippen molar-refractivity contribution >= 4 is 0 Å². The van der Waals surface area contributed by atoms with Crippen LogP contribution >= 0.6 is 0 Å². The average Bonchev–Trinajstić information content (AvgIpc) is 2.48. The monoisotopic (exact) mass is 184 g/mol. The lowest BCUT2D eigenvalue weighted by molar-refractivity contribution is 0.194. The van der Waals surface area contributed by atoms with Crippen molar-refractivity contribution in [2.75, 3.05) is 13.7 Å². The first-order valence-electron chi connectivity index (χ1n) is 4.40. The van der Waals surface area contributed by atoms with Crippen LogP contribution in [-0.4, -0.2) is 24.7 Å². The zero-order chi connectivity index (χ0) is 9.68. The Morgan fingerprint density at radius 2 is 2.46 bits per heavy atom. The predicted octanol–water partition coefficient (Wildman–Crippen LogP) is 0.753. The van der Waals surface area contributed by atoms with Crippen molar-refractivity contribution in [3.63, 3.8) is 0 Å². The molecule has 0 radical (unpaired) electrons. The minimum absolute atomic E-state index is 0.114. The fraction of sp³-hybridized carbons (Fsp3) is 0.667. The van der Waals surface area contributed by atoms with E-state index in [1.165, 1.54) is 0 Å². The molecule has 0 fully saturated rings. The van der Waals surface area contributed by atoms with Crippen LogP contribution in [0, 0.1) is 0 Å². The number of hydrogen-bond donors (Lipinski definition) is 1. The van der Waals surface area contributed by atoms with Gasteiger partial charge in [-0.3, -0.25) is 0 Å². The second kappa shape index (κ2) is 4.99. The number of aromatic nitrogens is 1. The van der Waals surface area contributed by atoms with Crippen LogP contribution in [0.25, 0.3) is 0 Å². The zero-order valence-corrected chi connectivity index (χ0v) is 8.12. The van der Waals surface area contributed by atoms with Crippen LogP contribution in [0.4, 0.5) is 0 Å². The standard InChI is InChI=1S/C9H16N2O2/c1-7(10)5-8-6-11-9(13-8)3-4-12-2/h6-7H,3-5,10H2,1-2H3. The van der Waals surface area contributed by atoms with Gasteiger partial charge < -0.3 is 14.9 Å². The molecule has 0 aliphatic rings. The first-order valence-corrected chi connectivity index (χ1v) is 4.40. The minimum Gasteiger partial charge on any atom is -0.446 e. The molecule has 1 aromatic rings. The molecule has 0 spiro atoms. The summed E-state index contributed by atoms with van der Waals surface area (Å²) in [5.74, 6) is 1.57. The van der Waals surface area contributed by atoms with Crippen LogP contribution in [0.1, 0.15) is 18.6 Å². The van der Waals surface area contributed by atoms with Gasteiger partial charge in [-0.25, -0.2) is 4.98 Å². The molecule has 0 aromatic carbocycles. The highest BCUT2D eigenvalue weighted by Gasteiger charge is 2.05. The Kier molecular flexibility index (Phi) is 3.92. The van der Waals surface area contributed by atoms with E-state index in [9.17, 15) is 0 Å². The molecule has 1 heterocycles. The van der Waals surface area contributed by atoms with E-state index in [2.05, 4.69) is 4.98 Å². The fourth-order valence-corrected chi connectivity index (χ4v) is 1.06. The Hall–Kier alpha value is -0.870. The van der Waals surface area contributed by atoms with Gasteiger partial charge in [-0.2, -0.15) is 0 Å². The summed E-state index contributed by atoms with van der Waals surface area (Å²) < 4.78 is 10.3. The predicted molar refractivity (Wildman–Crippen MR) is 49.4 cm³/mol. The van der Waals surface area contributed by atoms with E-state index in [1.54, 1.807) is 13.3 Å². The number of ether oxygens (including phenoxy) is 1. The smallest absolute Gasteiger partial charge is 0.196 e. The van der Waals surface area contributed by atoms with Gasteiger partial charge in [0, 0.05) is 26.0 Å². The maximum Gasteiger partial charge on any atom is 0.196 e. The molecule has 1 unspecified atom stereocenters. The van der Waals surface area contributed by atoms with Gasteiger partial charge >= 0.3 is 0 Å². The van der Waals surface area contributed by atoms with Crippen LogP contribution in [0.15, 0.2) is 10.6 Å². The highest BCUT2D eigenvalue weighted by molar-refractivity contribution is 4.96. The van der Waals surface area contributed by atoms with Gasteiger partial charge in [-0.05, 0) is 6.92 Å². The molecule has 0 bridgehead atoms. The first kappa shape index (κ1) is 10.2. The third-order valence-corrected chi connectivity index (χ3v) is 1.64. The summed E-state index contributed by atoms with van der Waals surface area (Å²) in [7, 11) is 1.66. The highest BCUT2D eigenvalue weighted by atomic mass is 16.5. The van der Waals surface area contributed by atoms with E-state index < -0.39 is 0 Å². The molecule has 74 valence electrons. The third kappa shape index (κ3) is 3.57. The lowest BCUT2D eigenvalue weighted by Gasteiger charge is -1.99. The van der Waals surface area contributed by atoms with Crippen molar-refractivity contribution < 1.29 is 9.15 Å². The van der Waals surface area contributed by atoms with Gasteiger partial charge in [-0.15, -0.1) is 0 Å². The van der Waals surface area contributed by atoms with Crippen LogP contribution in [0.5, 0.6) is 0 Å². The summed E-state index contributed by atoms with van der Waals surface area (Å²) in [5, 5.41) is 0. The van der Waals surface area contributed by atoms with E-state index in [1.807, 2.05) is 6.92 Å². The number of rotatable bonds is 5. The van der Waals surface area contributed by atoms with E-state index in [0.717, 1.165) is 24.5 Å². The maximum atomic E-state index is 5.62. The summed E-state index contributed by atoms with van der Waals surface area (Å²) in [4.78, 5) is 4.10. The maximum absolute atomic E-state index is 5.62. The number of nitrogens with zero attached hydrogens (tertiary/aromatic N) is 1. The SMILES string of the molecule is COCCc1ncc(CC(C)N)o1. The van der Waals surface area contributed by atoms with Crippen molar-refractivity contribution in [1.82, 2.24) is 4.98 Å². The quantitative estimate of drug-likeness (QED) is 0.733. The summed E-state index contributed by atoms with van der Waals surface area (Å²) >= 11 is 0. The van der Waals surface area contributed by atoms with Crippen molar-refractivity contribution in [2.24, 2.45) is 5.73 Å². The van der Waals surface area contributed by atoms with Crippen LogP contribution in [0.2, 0.25) is 0 Å². The van der Waals surface area contributed by atoms with Gasteiger partial charge in [-0.1, -0.05) is 0 Å². The highest BCUT2D eigenvalue weighted by Crippen LogP contribution is 2.06. The number of nitrogens with two attached hydrogens (primary N) is 1. The molecule has 0 saturated heterocycles. The van der Waals surface area contributed by atoms with Crippen LogP contribution < -0.4 is 5.73 Å². The van der Waals surface area contributed by atoms with Gasteiger partial charge in [0.05, 0.1) is 12.8 Å². The Morgan fingerprint density at radius 3 is 3.08 bits per heavy atom. The topological polar surface area (TPSA) is 61.3 Å². The first-order chi connectivity index (χ1) is 6.22. The zero-order valence-electron chi connectivity index (χ0n) is 8.12. The Labute approximate surface area is 78.1 Å². The lowest BCUT2D eigenvalue weighted by Crippen LogP contribution is -2.17. The molecule has 0 saturated carbocycles. The van der Waals surface area contributed by atoms with Crippen molar-refractivity contribution in [3.05, 3.63) is 17.8 Å². The molecule has 0 aliphatic carbocycles. The van der Waals surface area contributed by atoms with E-state index in [0.29, 0.717) is 6.61 Å². The molecular formula is C9H16N2O2. The largest absolute Gasteiger partial charge is 0.446 e. The molecule has 1 atom stereocenters. The lowest BCUT2D eigenvalue weighted by atomic mass is 10.2. The van der Waals surface area contributed by atoms with Gasteiger partial charge in [0.2, 0.25) is 0 Å². The molecule has 0 aliphatic heterocycles. The third-order valence-electron chi connectivity index (χ3n) is 1.64. The minimum atomic E-state index is 0.114. The molecule has 2 N–H and O–H groups in total. The molecular weight excluding hydrogens is 168 g/mol. The Balaban J connectivity index is 2.44. The van der Waals surface area contributed by atoms with E-state index in [-0.39, 0.29) is 6.04 Å². The number of methoxy groups -OCH3 is 1. The van der Waals surface area contributed by atoms with E-state index in [4.69, 9.17) is 14.9 Å². The van der Waals surface area contributed by atoms with Crippen LogP contribution in [-0.2, 0) is 17.6 Å². The normalized spacial score (nSPS) is 13.2. The molecule has 13 heavy (non-hydrogen) atoms. The van der Waals surface area contributed by atoms with E-state index >= 15 is 0 Å². The van der Waals surface area contributed by atoms with Crippen molar-refractivity contribution in [2.45, 2.75) is 25.8 Å². The van der Waals surface area contributed by atoms with Crippen molar-refractivity contribution in [1.29, 1.82) is 0 Å². The average molecular weight is 184 g/mol. The van der Waals surface area contributed by atoms with Gasteiger partial charge in [0.25, 0.3) is 0 Å². The van der Waals surface area contributed by atoms with Gasteiger partial charge in [0.1, 0.15) is 5.76 Å². The molecule has 1 aromatic heterocycles. The second-order valence-corrected chi connectivity index (χ2v) is 3.14. The molecule has 0 amide bonds.